The van der Waals surface area contributed by atoms with Crippen LogP contribution >= 0.6 is 0 Å². The van der Waals surface area contributed by atoms with Gasteiger partial charge in [-0.1, -0.05) is 31.8 Å². The van der Waals surface area contributed by atoms with Crippen molar-refractivity contribution in [3.63, 3.8) is 0 Å². The molecule has 5 rings (SSSR count). The van der Waals surface area contributed by atoms with E-state index in [-0.39, 0.29) is 16.6 Å². The minimum atomic E-state index is -0.914. The van der Waals surface area contributed by atoms with E-state index in [4.69, 9.17) is 11.2 Å². The Balaban J connectivity index is 1.57. The summed E-state index contributed by atoms with van der Waals surface area (Å²) in [4.78, 5) is 0. The Morgan fingerprint density at radius 2 is 2.05 bits per heavy atom. The quantitative estimate of drug-likeness (QED) is 0.421. The van der Waals surface area contributed by atoms with E-state index >= 15 is 0 Å². The van der Waals surface area contributed by atoms with E-state index in [9.17, 15) is 5.11 Å². The predicted octanol–water partition coefficient (Wildman–Crippen LogP) is 3.59. The first-order valence-corrected chi connectivity index (χ1v) is 9.11. The van der Waals surface area contributed by atoms with Gasteiger partial charge in [0.15, 0.2) is 0 Å². The minimum Gasteiger partial charge on any atom is -0.377 e. The third kappa shape index (κ3) is 1.26. The largest absolute Gasteiger partial charge is 0.377 e. The molecular weight excluding hydrogens is 272 g/mol. The molecular formula is C20H26O2. The molecule has 0 aromatic heterocycles. The van der Waals surface area contributed by atoms with Crippen LogP contribution in [0.25, 0.3) is 0 Å². The number of rotatable bonds is 0. The Bertz CT molecular complexity index is 616. The van der Waals surface area contributed by atoms with Crippen LogP contribution in [0, 0.1) is 29.6 Å². The molecule has 0 unspecified atom stereocenters. The lowest BCUT2D eigenvalue weighted by atomic mass is 9.53. The molecule has 2 nitrogen and oxygen atoms in total. The van der Waals surface area contributed by atoms with Gasteiger partial charge in [-0.05, 0) is 62.4 Å². The normalized spacial score (nSPS) is 58.5. The van der Waals surface area contributed by atoms with Crippen molar-refractivity contribution in [1.29, 1.82) is 0 Å². The summed E-state index contributed by atoms with van der Waals surface area (Å²) in [6.07, 6.45) is 18.5. The lowest BCUT2D eigenvalue weighted by molar-refractivity contribution is -0.0365. The van der Waals surface area contributed by atoms with Crippen LogP contribution in [0.4, 0.5) is 0 Å². The number of epoxide rings is 1. The highest BCUT2D eigenvalue weighted by atomic mass is 16.6. The number of ether oxygens (including phenoxy) is 1. The smallest absolute Gasteiger partial charge is 0.131 e. The molecule has 0 aromatic rings. The van der Waals surface area contributed by atoms with Gasteiger partial charge < -0.3 is 9.84 Å². The number of aliphatic hydroxyl groups is 1. The van der Waals surface area contributed by atoms with Gasteiger partial charge in [0.2, 0.25) is 0 Å². The third-order valence-electron chi connectivity index (χ3n) is 8.20. The molecule has 0 spiro atoms. The van der Waals surface area contributed by atoms with Gasteiger partial charge in [-0.2, -0.15) is 0 Å². The topological polar surface area (TPSA) is 32.8 Å². The number of fused-ring (bicyclic) bond motifs is 3. The molecule has 0 amide bonds. The van der Waals surface area contributed by atoms with Gasteiger partial charge in [-0.3, -0.25) is 0 Å². The molecule has 0 bridgehead atoms. The third-order valence-corrected chi connectivity index (χ3v) is 8.20. The Morgan fingerprint density at radius 1 is 1.23 bits per heavy atom. The van der Waals surface area contributed by atoms with Crippen molar-refractivity contribution in [2.45, 2.75) is 81.5 Å². The van der Waals surface area contributed by atoms with Crippen LogP contribution < -0.4 is 0 Å². The summed E-state index contributed by atoms with van der Waals surface area (Å²) in [5.41, 5.74) is 0.829. The molecule has 6 atom stereocenters. The van der Waals surface area contributed by atoms with Crippen molar-refractivity contribution in [2.24, 2.45) is 17.3 Å². The molecule has 1 saturated heterocycles. The monoisotopic (exact) mass is 298 g/mol. The van der Waals surface area contributed by atoms with Crippen LogP contribution in [-0.4, -0.2) is 21.9 Å². The summed E-state index contributed by atoms with van der Waals surface area (Å²) in [6, 6.07) is 0. The highest BCUT2D eigenvalue weighted by Crippen LogP contribution is 2.72. The summed E-state index contributed by atoms with van der Waals surface area (Å²) in [5, 5.41) is 11.0. The second kappa shape index (κ2) is 3.82. The second-order valence-corrected chi connectivity index (χ2v) is 8.71. The highest BCUT2D eigenvalue weighted by Gasteiger charge is 2.76. The van der Waals surface area contributed by atoms with Crippen molar-refractivity contribution in [3.8, 4) is 12.3 Å². The van der Waals surface area contributed by atoms with Crippen LogP contribution in [0.15, 0.2) is 11.6 Å². The van der Waals surface area contributed by atoms with E-state index in [0.717, 1.165) is 19.3 Å². The zero-order valence-electron chi connectivity index (χ0n) is 13.5. The van der Waals surface area contributed by atoms with Gasteiger partial charge in [0.25, 0.3) is 0 Å². The molecule has 5 aliphatic rings. The maximum absolute atomic E-state index is 11.0. The highest BCUT2D eigenvalue weighted by molar-refractivity contribution is 5.43. The Labute approximate surface area is 133 Å². The lowest BCUT2D eigenvalue weighted by Crippen LogP contribution is -2.51. The summed E-state index contributed by atoms with van der Waals surface area (Å²) >= 11 is 0. The molecule has 1 aliphatic heterocycles. The van der Waals surface area contributed by atoms with Gasteiger partial charge in [0.1, 0.15) is 16.8 Å². The fraction of sp³-hybridized carbons (Fsp3) is 0.800. The summed E-state index contributed by atoms with van der Waals surface area (Å²) in [6.45, 7) is 2.23. The van der Waals surface area contributed by atoms with Crippen molar-refractivity contribution in [1.82, 2.24) is 0 Å². The summed E-state index contributed by atoms with van der Waals surface area (Å²) in [7, 11) is 0. The van der Waals surface area contributed by atoms with Crippen LogP contribution in [0.5, 0.6) is 0 Å². The second-order valence-electron chi connectivity index (χ2n) is 8.71. The van der Waals surface area contributed by atoms with Crippen LogP contribution in [0.1, 0.15) is 64.7 Å². The molecule has 2 heteroatoms. The molecule has 1 heterocycles. The van der Waals surface area contributed by atoms with Crippen molar-refractivity contribution < 1.29 is 9.84 Å². The lowest BCUT2D eigenvalue weighted by Gasteiger charge is -2.50. The van der Waals surface area contributed by atoms with Crippen LogP contribution in [0.3, 0.4) is 0 Å². The minimum absolute atomic E-state index is 0.0896. The number of allylic oxidation sites excluding steroid dienone is 1. The zero-order valence-corrected chi connectivity index (χ0v) is 13.5. The summed E-state index contributed by atoms with van der Waals surface area (Å²) in [5.74, 6) is 3.87. The van der Waals surface area contributed by atoms with E-state index in [1.54, 1.807) is 5.57 Å². The summed E-state index contributed by atoms with van der Waals surface area (Å²) < 4.78 is 6.47. The first kappa shape index (κ1) is 13.6. The molecule has 0 radical (unpaired) electrons. The average Bonchev–Trinajstić information content (AvgIpc) is 3.16. The molecule has 22 heavy (non-hydrogen) atoms. The van der Waals surface area contributed by atoms with Crippen molar-refractivity contribution in [3.05, 3.63) is 11.6 Å². The Morgan fingerprint density at radius 3 is 2.86 bits per heavy atom. The van der Waals surface area contributed by atoms with E-state index in [2.05, 4.69) is 18.9 Å². The maximum atomic E-state index is 11.0. The standard InChI is InChI=1S/C20H26O2/c1-3-18(21)12-8-15-14-6-13-19-9-4-5-10-20(19,22-19)16(14)7-11-17(15,18)2/h1,7,14-15,21H,4-6,8-13H2,2H3/t14-,15-,17-,18-,19-,20+/m0/s1. The fourth-order valence-corrected chi connectivity index (χ4v) is 6.85. The van der Waals surface area contributed by atoms with E-state index in [1.165, 1.54) is 38.5 Å². The number of hydrogen-bond donors (Lipinski definition) is 1. The molecule has 3 saturated carbocycles. The molecule has 4 fully saturated rings. The number of terminal acetylenes is 1. The van der Waals surface area contributed by atoms with Gasteiger partial charge in [0.05, 0.1) is 0 Å². The molecule has 118 valence electrons. The van der Waals surface area contributed by atoms with Crippen molar-refractivity contribution in [2.75, 3.05) is 0 Å². The Kier molecular flexibility index (Phi) is 2.37. The molecule has 0 aromatic carbocycles. The average molecular weight is 298 g/mol. The SMILES string of the molecule is C#C[C@]1(O)CC[C@H]2[C@@H]3CC[C@@]45CCCC[C@@]4(O5)C3=CC[C@@]21C. The van der Waals surface area contributed by atoms with Crippen LogP contribution in [-0.2, 0) is 4.74 Å². The van der Waals surface area contributed by atoms with E-state index < -0.39 is 5.60 Å². The molecule has 4 aliphatic carbocycles. The number of hydrogen-bond acceptors (Lipinski definition) is 2. The van der Waals surface area contributed by atoms with Gasteiger partial charge in [-0.25, -0.2) is 0 Å². The Hall–Kier alpha value is -0.780. The first-order valence-electron chi connectivity index (χ1n) is 9.11. The van der Waals surface area contributed by atoms with Gasteiger partial charge >= 0.3 is 0 Å². The van der Waals surface area contributed by atoms with Gasteiger partial charge in [0, 0.05) is 5.41 Å². The first-order chi connectivity index (χ1) is 10.5. The fourth-order valence-electron chi connectivity index (χ4n) is 6.85. The predicted molar refractivity (Wildman–Crippen MR) is 85.1 cm³/mol. The van der Waals surface area contributed by atoms with Gasteiger partial charge in [-0.15, -0.1) is 6.42 Å². The maximum Gasteiger partial charge on any atom is 0.131 e. The van der Waals surface area contributed by atoms with Crippen molar-refractivity contribution >= 4 is 0 Å². The van der Waals surface area contributed by atoms with E-state index in [0.29, 0.717) is 11.8 Å². The van der Waals surface area contributed by atoms with Crippen LogP contribution in [0.2, 0.25) is 0 Å². The molecule has 1 N–H and O–H groups in total. The van der Waals surface area contributed by atoms with E-state index in [1.807, 2.05) is 0 Å². The zero-order chi connectivity index (χ0) is 15.2.